The number of hydrogen-bond donors (Lipinski definition) is 0. The number of carbonyl (C=O) groups excluding carboxylic acids is 2. The van der Waals surface area contributed by atoms with Crippen molar-refractivity contribution in [2.24, 2.45) is 0 Å². The first-order valence-corrected chi connectivity index (χ1v) is 21.8. The second-order valence-corrected chi connectivity index (χ2v) is 17.7. The quantitative estimate of drug-likeness (QED) is 0.0852. The fraction of sp³-hybridized carbons (Fsp3) is 0.231. The van der Waals surface area contributed by atoms with Gasteiger partial charge in [-0.2, -0.15) is 9.34 Å². The number of alkyl halides is 2. The predicted octanol–water partition coefficient (Wildman–Crippen LogP) is 11.3. The molecule has 6 heterocycles. The summed E-state index contributed by atoms with van der Waals surface area (Å²) >= 11 is 9.53. The van der Waals surface area contributed by atoms with Crippen LogP contribution in [0, 0.1) is 0 Å². The van der Waals surface area contributed by atoms with Gasteiger partial charge in [0.1, 0.15) is 0 Å². The predicted molar refractivity (Wildman–Crippen MR) is 223 cm³/mol. The summed E-state index contributed by atoms with van der Waals surface area (Å²) in [5, 5.41) is 0.194. The molecule has 0 amide bonds. The van der Waals surface area contributed by atoms with Crippen molar-refractivity contribution in [3.63, 3.8) is 0 Å². The number of rotatable bonds is 2. The number of benzene rings is 4. The minimum Gasteiger partial charge on any atom is -0.418 e. The van der Waals surface area contributed by atoms with Crippen LogP contribution in [-0.4, -0.2) is 59.0 Å². The number of para-hydroxylation sites is 4. The molecule has 57 heavy (non-hydrogen) atoms. The summed E-state index contributed by atoms with van der Waals surface area (Å²) in [7, 11) is -9.21. The molecule has 0 N–H and O–H groups in total. The molecule has 4 saturated heterocycles. The van der Waals surface area contributed by atoms with Crippen molar-refractivity contribution in [2.75, 3.05) is 27.8 Å². The minimum absolute atomic E-state index is 0. The van der Waals surface area contributed by atoms with Crippen LogP contribution in [0.15, 0.2) is 97.1 Å². The van der Waals surface area contributed by atoms with Crippen molar-refractivity contribution in [1.82, 2.24) is 9.34 Å². The van der Waals surface area contributed by atoms with Gasteiger partial charge in [-0.25, -0.2) is 9.59 Å². The third kappa shape index (κ3) is 9.60. The van der Waals surface area contributed by atoms with Crippen LogP contribution in [0.5, 0.6) is 0 Å². The molecule has 18 heteroatoms. The Morgan fingerprint density at radius 2 is 0.825 bits per heavy atom. The zero-order valence-corrected chi connectivity index (χ0v) is 35.4. The van der Waals surface area contributed by atoms with Crippen molar-refractivity contribution < 1.29 is 55.4 Å². The van der Waals surface area contributed by atoms with Gasteiger partial charge >= 0.3 is 36.1 Å². The van der Waals surface area contributed by atoms with Gasteiger partial charge in [0.15, 0.2) is 12.1 Å². The minimum atomic E-state index is -6.00. The van der Waals surface area contributed by atoms with E-state index in [-0.39, 0.29) is 48.8 Å². The van der Waals surface area contributed by atoms with Gasteiger partial charge in [0.05, 0.1) is 28.1 Å². The topological polar surface area (TPSA) is 65.6 Å². The second-order valence-electron chi connectivity index (χ2n) is 13.3. The van der Waals surface area contributed by atoms with E-state index in [4.69, 9.17) is 32.2 Å². The van der Waals surface area contributed by atoms with E-state index in [0.717, 1.165) is 83.8 Å². The first-order valence-electron chi connectivity index (χ1n) is 18.1. The normalized spacial score (nSPS) is 22.4. The molecule has 6 aliphatic heterocycles. The average molecular weight is 949 g/mol. The molecular weight excluding hydrogens is 911 g/mol. The van der Waals surface area contributed by atoms with Crippen molar-refractivity contribution in [3.05, 3.63) is 119 Å². The fourth-order valence-electron chi connectivity index (χ4n) is 7.62. The third-order valence-electron chi connectivity index (χ3n) is 9.90. The maximum atomic E-state index is 12.3. The van der Waals surface area contributed by atoms with E-state index in [1.807, 2.05) is 48.5 Å². The van der Waals surface area contributed by atoms with Gasteiger partial charge in [-0.3, -0.25) is 9.05 Å². The molecule has 4 aromatic carbocycles. The first-order chi connectivity index (χ1) is 27.1. The number of hydrogen-bond acceptors (Lipinski definition) is 8. The molecule has 4 atom stereocenters. The smallest absolute Gasteiger partial charge is 0.418 e. The fourth-order valence-corrected chi connectivity index (χ4v) is 12.5. The molecule has 0 spiro atoms. The zero-order valence-electron chi connectivity index (χ0n) is 30.3. The Morgan fingerprint density at radius 3 is 1.11 bits per heavy atom. The molecule has 1 radical (unpaired) electrons. The van der Waals surface area contributed by atoms with Crippen LogP contribution >= 0.6 is 40.1 Å². The largest absolute Gasteiger partial charge is 0.673 e. The molecule has 301 valence electrons. The molecule has 4 fully saturated rings. The summed E-state index contributed by atoms with van der Waals surface area (Å²) < 4.78 is 60.0. The molecule has 10 rings (SSSR count). The summed E-state index contributed by atoms with van der Waals surface area (Å²) in [6, 6.07) is 33.3. The Labute approximate surface area is 354 Å². The number of anilines is 4. The number of fused-ring (bicyclic) bond motifs is 6. The first kappa shape index (κ1) is 43.3. The van der Waals surface area contributed by atoms with Crippen LogP contribution in [0.4, 0.5) is 40.0 Å². The second kappa shape index (κ2) is 19.2. The van der Waals surface area contributed by atoms with Crippen molar-refractivity contribution in [1.29, 1.82) is 0 Å². The summed E-state index contributed by atoms with van der Waals surface area (Å²) in [6.07, 6.45) is 12.6. The third-order valence-corrected chi connectivity index (χ3v) is 14.5. The van der Waals surface area contributed by atoms with Crippen molar-refractivity contribution in [2.45, 2.75) is 37.8 Å². The molecule has 2 unspecified atom stereocenters. The molecule has 4 aromatic rings. The zero-order chi connectivity index (χ0) is 39.4. The Hall–Kier alpha value is -3.33. The molecule has 0 aliphatic carbocycles. The standard InChI is InChI=1S/2C19H17N2O2P.CH2Cl2.BF4.Rh/c2*22-19-18-10-5-13-20(18)24(23-19)21-16-8-3-1-6-14(16)11-12-15-7-2-4-9-17(15)21;2-1-3;2-1(3,4)5;/h2*1-4,6-9,11-12,18H,5,10,13H2;1H2;;/q;;;-1;/p+2/t2*18-,24?;;;/m00.../s1. The van der Waals surface area contributed by atoms with Crippen molar-refractivity contribution in [3.8, 4) is 0 Å². The Balaban J connectivity index is 0.000000160. The van der Waals surface area contributed by atoms with Gasteiger partial charge in [0, 0.05) is 54.8 Å². The average Bonchev–Trinajstić information content (AvgIpc) is 3.95. The maximum Gasteiger partial charge on any atom is 0.673 e. The van der Waals surface area contributed by atoms with Gasteiger partial charge in [-0.15, -0.1) is 32.5 Å². The number of nitrogens with zero attached hydrogens (tertiary/aromatic N) is 4. The maximum absolute atomic E-state index is 12.3. The van der Waals surface area contributed by atoms with E-state index in [2.05, 4.69) is 91.5 Å². The van der Waals surface area contributed by atoms with Gasteiger partial charge in [-0.1, -0.05) is 97.1 Å². The molecule has 0 bridgehead atoms. The number of halogens is 6. The van der Waals surface area contributed by atoms with E-state index in [1.165, 1.54) is 0 Å². The molecule has 0 saturated carbocycles. The molecular formula is C39H38BCl2F4N4O4P2Rh+. The monoisotopic (exact) mass is 948 g/mol. The summed E-state index contributed by atoms with van der Waals surface area (Å²) in [5.74, 6) is -0.0953. The van der Waals surface area contributed by atoms with Gasteiger partial charge in [0.25, 0.3) is 0 Å². The van der Waals surface area contributed by atoms with E-state index in [9.17, 15) is 26.9 Å². The van der Waals surface area contributed by atoms with Crippen LogP contribution in [0.25, 0.3) is 24.3 Å². The Bertz CT molecular complexity index is 1900. The van der Waals surface area contributed by atoms with Crippen LogP contribution in [-0.2, 0) is 38.1 Å². The van der Waals surface area contributed by atoms with Gasteiger partial charge in [0.2, 0.25) is 0 Å². The Kier molecular flexibility index (Phi) is 14.5. The van der Waals surface area contributed by atoms with Crippen molar-refractivity contribution >= 4 is 106 Å². The van der Waals surface area contributed by atoms with E-state index >= 15 is 0 Å². The SMILES string of the molecule is ClCCl.F[B-](F)(F)F.O=C1O[PH+](N2c3ccccc3C=Cc3ccccc32)N2CCC[C@@H]12.O=C1O[PH+](N2c3ccccc3C=Cc3ccccc32)N2CCC[C@@H]12.[Rh]. The van der Waals surface area contributed by atoms with Crippen LogP contribution in [0.3, 0.4) is 0 Å². The van der Waals surface area contributed by atoms with Gasteiger partial charge < -0.3 is 17.3 Å². The number of carbonyl (C=O) groups is 2. The Morgan fingerprint density at radius 1 is 0.561 bits per heavy atom. The summed E-state index contributed by atoms with van der Waals surface area (Å²) in [4.78, 5) is 24.7. The summed E-state index contributed by atoms with van der Waals surface area (Å²) in [5.41, 5.74) is 9.10. The van der Waals surface area contributed by atoms with Crippen LogP contribution in [0.1, 0.15) is 47.9 Å². The molecule has 6 aliphatic rings. The van der Waals surface area contributed by atoms with E-state index in [0.29, 0.717) is 0 Å². The summed E-state index contributed by atoms with van der Waals surface area (Å²) in [6.45, 7) is 1.89. The van der Waals surface area contributed by atoms with Gasteiger partial charge in [-0.05, 0) is 49.9 Å². The molecule has 0 aromatic heterocycles. The molecule has 8 nitrogen and oxygen atoms in total. The van der Waals surface area contributed by atoms with E-state index in [1.54, 1.807) is 0 Å². The van der Waals surface area contributed by atoms with E-state index < -0.39 is 24.2 Å². The van der Waals surface area contributed by atoms with Crippen LogP contribution in [0.2, 0.25) is 0 Å². The van der Waals surface area contributed by atoms with Crippen LogP contribution < -0.4 is 9.34 Å².